The van der Waals surface area contributed by atoms with Crippen LogP contribution in [0.15, 0.2) is 24.3 Å². The van der Waals surface area contributed by atoms with Crippen molar-refractivity contribution in [2.24, 2.45) is 0 Å². The molecule has 4 heteroatoms. The van der Waals surface area contributed by atoms with E-state index < -0.39 is 0 Å². The second kappa shape index (κ2) is 6.38. The molecule has 0 saturated carbocycles. The molecular formula is C13H17NOS2. The molecule has 2 rings (SSSR count). The van der Waals surface area contributed by atoms with Gasteiger partial charge in [0.1, 0.15) is 4.32 Å². The minimum absolute atomic E-state index is 0.111. The number of hydrogen-bond acceptors (Lipinski definition) is 3. The van der Waals surface area contributed by atoms with Crippen molar-refractivity contribution in [1.82, 2.24) is 4.90 Å². The Morgan fingerprint density at radius 1 is 1.18 bits per heavy atom. The Labute approximate surface area is 112 Å². The molecule has 2 nitrogen and oxygen atoms in total. The first-order chi connectivity index (χ1) is 8.29. The third-order valence-electron chi connectivity index (χ3n) is 2.93. The van der Waals surface area contributed by atoms with E-state index in [0.29, 0.717) is 0 Å². The lowest BCUT2D eigenvalue weighted by atomic mass is 10.2. The van der Waals surface area contributed by atoms with Gasteiger partial charge in [0.15, 0.2) is 0 Å². The molecular weight excluding hydrogens is 250 g/mol. The van der Waals surface area contributed by atoms with Crippen LogP contribution in [0.5, 0.6) is 0 Å². The summed E-state index contributed by atoms with van der Waals surface area (Å²) in [6.45, 7) is 2.35. The van der Waals surface area contributed by atoms with Gasteiger partial charge in [0.05, 0.1) is 6.61 Å². The summed E-state index contributed by atoms with van der Waals surface area (Å²) in [5.74, 6) is 0.918. The summed E-state index contributed by atoms with van der Waals surface area (Å²) >= 11 is 7.15. The molecule has 0 aromatic heterocycles. The summed E-state index contributed by atoms with van der Waals surface area (Å²) in [5.41, 5.74) is 2.22. The molecule has 0 unspecified atom stereocenters. The number of thioether (sulfide) groups is 1. The number of thiocarbonyl (C=S) groups is 1. The third-order valence-corrected chi connectivity index (χ3v) is 4.53. The van der Waals surface area contributed by atoms with E-state index >= 15 is 0 Å². The van der Waals surface area contributed by atoms with Crippen LogP contribution in [-0.4, -0.2) is 27.4 Å². The Morgan fingerprint density at radius 2 is 1.76 bits per heavy atom. The highest BCUT2D eigenvalue weighted by molar-refractivity contribution is 8.22. The average Bonchev–Trinajstić information content (AvgIpc) is 2.90. The van der Waals surface area contributed by atoms with Gasteiger partial charge in [-0.15, -0.1) is 0 Å². The number of aliphatic hydroxyl groups excluding tert-OH is 1. The van der Waals surface area contributed by atoms with Gasteiger partial charge in [-0.05, 0) is 24.0 Å². The van der Waals surface area contributed by atoms with Crippen molar-refractivity contribution in [3.05, 3.63) is 35.4 Å². The summed E-state index contributed by atoms with van der Waals surface area (Å²) in [5, 5.41) is 8.96. The number of hydrogen-bond donors (Lipinski definition) is 1. The van der Waals surface area contributed by atoms with Crippen LogP contribution < -0.4 is 0 Å². The van der Waals surface area contributed by atoms with Crippen LogP contribution in [0.4, 0.5) is 0 Å². The minimum Gasteiger partial charge on any atom is -0.392 e. The van der Waals surface area contributed by atoms with Gasteiger partial charge >= 0.3 is 0 Å². The molecule has 1 saturated heterocycles. The molecule has 17 heavy (non-hydrogen) atoms. The summed E-state index contributed by atoms with van der Waals surface area (Å²) in [6, 6.07) is 8.06. The maximum absolute atomic E-state index is 8.96. The lowest BCUT2D eigenvalue weighted by Crippen LogP contribution is -2.23. The van der Waals surface area contributed by atoms with E-state index in [1.165, 1.54) is 18.4 Å². The van der Waals surface area contributed by atoms with Gasteiger partial charge in [-0.1, -0.05) is 48.2 Å². The lowest BCUT2D eigenvalue weighted by Gasteiger charge is -2.17. The molecule has 1 aliphatic heterocycles. The normalized spacial score (nSPS) is 15.2. The zero-order valence-corrected chi connectivity index (χ0v) is 11.4. The predicted molar refractivity (Wildman–Crippen MR) is 77.1 cm³/mol. The molecule has 1 heterocycles. The third kappa shape index (κ3) is 3.69. The molecule has 1 aromatic carbocycles. The van der Waals surface area contributed by atoms with E-state index in [-0.39, 0.29) is 6.61 Å². The summed E-state index contributed by atoms with van der Waals surface area (Å²) in [4.78, 5) is 2.29. The molecule has 1 aliphatic rings. The molecule has 0 aliphatic carbocycles. The number of rotatable bonds is 3. The van der Waals surface area contributed by atoms with Crippen LogP contribution >= 0.6 is 24.0 Å². The van der Waals surface area contributed by atoms with Gasteiger partial charge in [0.25, 0.3) is 0 Å². The number of nitrogens with zero attached hydrogens (tertiary/aromatic N) is 1. The Bertz CT molecular complexity index is 372. The van der Waals surface area contributed by atoms with Crippen molar-refractivity contribution in [3.8, 4) is 0 Å². The summed E-state index contributed by atoms with van der Waals surface area (Å²) in [7, 11) is 0. The molecule has 1 fully saturated rings. The summed E-state index contributed by atoms with van der Waals surface area (Å²) < 4.78 is 1.02. The highest BCUT2D eigenvalue weighted by Gasteiger charge is 2.14. The maximum atomic E-state index is 8.96. The first-order valence-electron chi connectivity index (χ1n) is 5.90. The van der Waals surface area contributed by atoms with E-state index in [2.05, 4.69) is 17.0 Å². The zero-order chi connectivity index (χ0) is 12.1. The molecule has 0 radical (unpaired) electrons. The largest absolute Gasteiger partial charge is 0.392 e. The van der Waals surface area contributed by atoms with Crippen LogP contribution in [-0.2, 0) is 12.4 Å². The molecule has 0 amide bonds. The molecule has 0 spiro atoms. The first kappa shape index (κ1) is 12.9. The first-order valence-corrected chi connectivity index (χ1v) is 7.29. The van der Waals surface area contributed by atoms with E-state index in [1.807, 2.05) is 12.1 Å². The second-order valence-electron chi connectivity index (χ2n) is 4.22. The number of likely N-dealkylation sites (tertiary alicyclic amines) is 1. The van der Waals surface area contributed by atoms with Crippen LogP contribution in [0, 0.1) is 0 Å². The highest BCUT2D eigenvalue weighted by atomic mass is 32.2. The Morgan fingerprint density at radius 3 is 2.35 bits per heavy atom. The van der Waals surface area contributed by atoms with Crippen molar-refractivity contribution in [1.29, 1.82) is 0 Å². The highest BCUT2D eigenvalue weighted by Crippen LogP contribution is 2.20. The van der Waals surface area contributed by atoms with Crippen molar-refractivity contribution < 1.29 is 5.11 Å². The minimum atomic E-state index is 0.111. The van der Waals surface area contributed by atoms with Crippen LogP contribution in [0.3, 0.4) is 0 Å². The quantitative estimate of drug-likeness (QED) is 0.851. The lowest BCUT2D eigenvalue weighted by molar-refractivity contribution is 0.282. The Balaban J connectivity index is 1.82. The van der Waals surface area contributed by atoms with Gasteiger partial charge in [-0.2, -0.15) is 0 Å². The fourth-order valence-electron chi connectivity index (χ4n) is 1.88. The molecule has 92 valence electrons. The van der Waals surface area contributed by atoms with Crippen LogP contribution in [0.1, 0.15) is 24.0 Å². The standard InChI is InChI=1S/C13H17NOS2/c15-9-11-3-5-12(6-4-11)10-17-13(16)14-7-1-2-8-14/h3-6,15H,1-2,7-10H2. The maximum Gasteiger partial charge on any atom is 0.136 e. The monoisotopic (exact) mass is 267 g/mol. The molecule has 0 bridgehead atoms. The van der Waals surface area contributed by atoms with E-state index in [4.69, 9.17) is 17.3 Å². The predicted octanol–water partition coefficient (Wildman–Crippen LogP) is 2.79. The SMILES string of the molecule is OCc1ccc(CSC(=S)N2CCCC2)cc1. The zero-order valence-electron chi connectivity index (χ0n) is 9.76. The van der Waals surface area contributed by atoms with Gasteiger partial charge in [0.2, 0.25) is 0 Å². The molecule has 0 atom stereocenters. The van der Waals surface area contributed by atoms with Crippen molar-refractivity contribution in [2.75, 3.05) is 13.1 Å². The smallest absolute Gasteiger partial charge is 0.136 e. The number of aliphatic hydroxyl groups is 1. The van der Waals surface area contributed by atoms with E-state index in [0.717, 1.165) is 28.7 Å². The second-order valence-corrected chi connectivity index (χ2v) is 5.83. The summed E-state index contributed by atoms with van der Waals surface area (Å²) in [6.07, 6.45) is 2.54. The van der Waals surface area contributed by atoms with Crippen LogP contribution in [0.25, 0.3) is 0 Å². The van der Waals surface area contributed by atoms with Gasteiger partial charge < -0.3 is 10.0 Å². The van der Waals surface area contributed by atoms with Crippen LogP contribution in [0.2, 0.25) is 0 Å². The van der Waals surface area contributed by atoms with Gasteiger partial charge in [0, 0.05) is 18.8 Å². The van der Waals surface area contributed by atoms with E-state index in [1.54, 1.807) is 11.8 Å². The van der Waals surface area contributed by atoms with Gasteiger partial charge in [-0.25, -0.2) is 0 Å². The van der Waals surface area contributed by atoms with Crippen molar-refractivity contribution in [2.45, 2.75) is 25.2 Å². The van der Waals surface area contributed by atoms with Crippen molar-refractivity contribution >= 4 is 28.3 Å². The fourth-order valence-corrected chi connectivity index (χ4v) is 3.08. The van der Waals surface area contributed by atoms with E-state index in [9.17, 15) is 0 Å². The Hall–Kier alpha value is -0.580. The number of benzene rings is 1. The fraction of sp³-hybridized carbons (Fsp3) is 0.462. The Kier molecular flexibility index (Phi) is 4.83. The molecule has 1 aromatic rings. The van der Waals surface area contributed by atoms with Crippen molar-refractivity contribution in [3.63, 3.8) is 0 Å². The van der Waals surface area contributed by atoms with Gasteiger partial charge in [-0.3, -0.25) is 0 Å². The molecule has 1 N–H and O–H groups in total. The average molecular weight is 267 g/mol. The topological polar surface area (TPSA) is 23.5 Å².